The molecule has 0 bridgehead atoms. The molecule has 0 aliphatic rings. The molecule has 0 saturated heterocycles. The van der Waals surface area contributed by atoms with E-state index >= 15 is 0 Å². The van der Waals surface area contributed by atoms with Crippen molar-refractivity contribution in [1.82, 2.24) is 0 Å². The molecule has 122 valence electrons. The Morgan fingerprint density at radius 1 is 1.19 bits per heavy atom. The number of quaternary nitrogens is 1. The second kappa shape index (κ2) is 8.14. The normalized spacial score (nSPS) is 15.9. The summed E-state index contributed by atoms with van der Waals surface area (Å²) in [5.41, 5.74) is 0.339. The van der Waals surface area contributed by atoms with Crippen molar-refractivity contribution < 1.29 is 28.7 Å². The highest BCUT2D eigenvalue weighted by Gasteiger charge is 2.33. The molecule has 0 aliphatic heterocycles. The van der Waals surface area contributed by atoms with Gasteiger partial charge in [0, 0.05) is 12.0 Å². The van der Waals surface area contributed by atoms with Crippen LogP contribution in [0.1, 0.15) is 27.2 Å². The molecule has 6 nitrogen and oxygen atoms in total. The molecule has 0 spiro atoms. The third-order valence-corrected chi connectivity index (χ3v) is 3.05. The summed E-state index contributed by atoms with van der Waals surface area (Å²) in [7, 11) is 5.51. The van der Waals surface area contributed by atoms with Crippen LogP contribution in [-0.4, -0.2) is 67.5 Å². The summed E-state index contributed by atoms with van der Waals surface area (Å²) in [5, 5.41) is 9.26. The van der Waals surface area contributed by atoms with Crippen molar-refractivity contribution >= 4 is 11.9 Å². The molecule has 0 radical (unpaired) electrons. The predicted octanol–water partition coefficient (Wildman–Crippen LogP) is 1.45. The van der Waals surface area contributed by atoms with E-state index < -0.39 is 24.1 Å². The lowest BCUT2D eigenvalue weighted by atomic mass is 10.1. The first-order valence-corrected chi connectivity index (χ1v) is 6.97. The molecule has 0 aromatic heterocycles. The van der Waals surface area contributed by atoms with Gasteiger partial charge in [0.1, 0.15) is 6.10 Å². The molecule has 21 heavy (non-hydrogen) atoms. The van der Waals surface area contributed by atoms with Crippen molar-refractivity contribution in [3.8, 4) is 0 Å². The van der Waals surface area contributed by atoms with Crippen LogP contribution in [-0.2, 0) is 19.1 Å². The fourth-order valence-electron chi connectivity index (χ4n) is 1.75. The van der Waals surface area contributed by atoms with Crippen LogP contribution in [0.15, 0.2) is 12.2 Å². The first-order valence-electron chi connectivity index (χ1n) is 6.97. The number of carboxylic acid groups (broad SMARTS) is 1. The molecular weight excluding hydrogens is 274 g/mol. The maximum absolute atomic E-state index is 11.3. The number of carbonyl (C=O) groups is 2. The van der Waals surface area contributed by atoms with Gasteiger partial charge in [-0.15, -0.1) is 0 Å². The summed E-state index contributed by atoms with van der Waals surface area (Å²) in [4.78, 5) is 22.6. The van der Waals surface area contributed by atoms with Crippen molar-refractivity contribution in [3.05, 3.63) is 12.2 Å². The fraction of sp³-hybridized carbons (Fsp3) is 0.733. The molecule has 0 fully saturated rings. The van der Waals surface area contributed by atoms with Crippen LogP contribution >= 0.6 is 0 Å². The first kappa shape index (κ1) is 19.6. The SMILES string of the molecule is C=C(C)C(=O)OC(C)COC(C)CC(C(=O)O)[N+](C)(C)C. The summed E-state index contributed by atoms with van der Waals surface area (Å²) in [6.07, 6.45) is -0.251. The van der Waals surface area contributed by atoms with Gasteiger partial charge in [0.05, 0.1) is 33.9 Å². The Bertz CT molecular complexity index is 386. The molecule has 0 amide bonds. The maximum atomic E-state index is 11.3. The average Bonchev–Trinajstić information content (AvgIpc) is 2.31. The van der Waals surface area contributed by atoms with Gasteiger partial charge < -0.3 is 19.1 Å². The van der Waals surface area contributed by atoms with Crippen LogP contribution in [0, 0.1) is 0 Å². The van der Waals surface area contributed by atoms with E-state index in [0.717, 1.165) is 0 Å². The van der Waals surface area contributed by atoms with Gasteiger partial charge in [-0.05, 0) is 20.8 Å². The Morgan fingerprint density at radius 3 is 2.10 bits per heavy atom. The van der Waals surface area contributed by atoms with Gasteiger partial charge >= 0.3 is 11.9 Å². The van der Waals surface area contributed by atoms with Crippen molar-refractivity contribution in [2.75, 3.05) is 27.7 Å². The molecule has 1 N–H and O–H groups in total. The Hall–Kier alpha value is -1.40. The van der Waals surface area contributed by atoms with Crippen LogP contribution in [0.5, 0.6) is 0 Å². The van der Waals surface area contributed by atoms with Gasteiger partial charge in [-0.2, -0.15) is 0 Å². The van der Waals surface area contributed by atoms with E-state index in [1.807, 2.05) is 28.1 Å². The quantitative estimate of drug-likeness (QED) is 0.396. The maximum Gasteiger partial charge on any atom is 0.362 e. The summed E-state index contributed by atoms with van der Waals surface area (Å²) in [5.74, 6) is -1.30. The van der Waals surface area contributed by atoms with Gasteiger partial charge in [0.15, 0.2) is 6.04 Å². The van der Waals surface area contributed by atoms with Crippen LogP contribution in [0.2, 0.25) is 0 Å². The minimum atomic E-state index is -0.847. The van der Waals surface area contributed by atoms with E-state index in [1.54, 1.807) is 13.8 Å². The average molecular weight is 302 g/mol. The van der Waals surface area contributed by atoms with Gasteiger partial charge in [-0.3, -0.25) is 0 Å². The van der Waals surface area contributed by atoms with E-state index in [-0.39, 0.29) is 12.7 Å². The molecule has 0 saturated carbocycles. The molecule has 0 aliphatic carbocycles. The molecule has 3 unspecified atom stereocenters. The third kappa shape index (κ3) is 7.82. The van der Waals surface area contributed by atoms with E-state index in [0.29, 0.717) is 16.5 Å². The third-order valence-electron chi connectivity index (χ3n) is 3.05. The Balaban J connectivity index is 4.31. The smallest absolute Gasteiger partial charge is 0.362 e. The number of ether oxygens (including phenoxy) is 2. The van der Waals surface area contributed by atoms with Crippen LogP contribution in [0.25, 0.3) is 0 Å². The lowest BCUT2D eigenvalue weighted by molar-refractivity contribution is -0.888. The first-order chi connectivity index (χ1) is 9.45. The van der Waals surface area contributed by atoms with Gasteiger partial charge in [-0.1, -0.05) is 6.58 Å². The lowest BCUT2D eigenvalue weighted by Gasteiger charge is -2.32. The number of nitrogens with zero attached hydrogens (tertiary/aromatic N) is 1. The summed E-state index contributed by atoms with van der Waals surface area (Å²) < 4.78 is 11.0. The summed E-state index contributed by atoms with van der Waals surface area (Å²) >= 11 is 0. The topological polar surface area (TPSA) is 72.8 Å². The minimum absolute atomic E-state index is 0.226. The summed E-state index contributed by atoms with van der Waals surface area (Å²) in [6.45, 7) is 8.86. The zero-order valence-electron chi connectivity index (χ0n) is 13.9. The molecular formula is C15H28NO5+. The van der Waals surface area contributed by atoms with Crippen molar-refractivity contribution in [3.63, 3.8) is 0 Å². The fourth-order valence-corrected chi connectivity index (χ4v) is 1.75. The van der Waals surface area contributed by atoms with E-state index in [2.05, 4.69) is 6.58 Å². The standard InChI is InChI=1S/C15H27NO5/c1-10(2)15(19)21-12(4)9-20-11(3)8-13(14(17)18)16(5,6)7/h11-13H,1,8-9H2,2-7H3/p+1. The molecule has 3 atom stereocenters. The van der Waals surface area contributed by atoms with Crippen LogP contribution < -0.4 is 0 Å². The van der Waals surface area contributed by atoms with Crippen LogP contribution in [0.3, 0.4) is 0 Å². The van der Waals surface area contributed by atoms with Gasteiger partial charge in [0.2, 0.25) is 0 Å². The lowest BCUT2D eigenvalue weighted by Crippen LogP contribution is -2.51. The zero-order chi connectivity index (χ0) is 16.8. The number of aliphatic carboxylic acids is 1. The second-order valence-corrected chi connectivity index (χ2v) is 6.35. The molecule has 6 heteroatoms. The number of likely N-dealkylation sites (N-methyl/N-ethyl adjacent to an activating group) is 1. The van der Waals surface area contributed by atoms with Gasteiger partial charge in [-0.25, -0.2) is 9.59 Å². The highest BCUT2D eigenvalue weighted by Crippen LogP contribution is 2.13. The van der Waals surface area contributed by atoms with Crippen molar-refractivity contribution in [1.29, 1.82) is 0 Å². The molecule has 0 aromatic rings. The zero-order valence-corrected chi connectivity index (χ0v) is 13.9. The number of carbonyl (C=O) groups excluding carboxylic acids is 1. The van der Waals surface area contributed by atoms with E-state index in [9.17, 15) is 14.7 Å². The number of rotatable bonds is 9. The molecule has 0 rings (SSSR count). The molecule has 0 heterocycles. The van der Waals surface area contributed by atoms with Crippen LogP contribution in [0.4, 0.5) is 0 Å². The summed E-state index contributed by atoms with van der Waals surface area (Å²) in [6, 6.07) is -0.548. The van der Waals surface area contributed by atoms with Gasteiger partial charge in [0.25, 0.3) is 0 Å². The monoisotopic (exact) mass is 302 g/mol. The number of hydrogen-bond donors (Lipinski definition) is 1. The largest absolute Gasteiger partial charge is 0.477 e. The van der Waals surface area contributed by atoms with Crippen molar-refractivity contribution in [2.24, 2.45) is 0 Å². The second-order valence-electron chi connectivity index (χ2n) is 6.35. The number of carboxylic acids is 1. The minimum Gasteiger partial charge on any atom is -0.477 e. The van der Waals surface area contributed by atoms with E-state index in [4.69, 9.17) is 9.47 Å². The molecule has 0 aromatic carbocycles. The Kier molecular flexibility index (Phi) is 7.60. The van der Waals surface area contributed by atoms with E-state index in [1.165, 1.54) is 0 Å². The number of hydrogen-bond acceptors (Lipinski definition) is 4. The number of esters is 1. The van der Waals surface area contributed by atoms with Crippen molar-refractivity contribution in [2.45, 2.75) is 45.4 Å². The Labute approximate surface area is 126 Å². The predicted molar refractivity (Wildman–Crippen MR) is 79.9 cm³/mol. The Morgan fingerprint density at radius 2 is 1.71 bits per heavy atom. The highest BCUT2D eigenvalue weighted by atomic mass is 16.6. The highest BCUT2D eigenvalue weighted by molar-refractivity contribution is 5.87.